The topological polar surface area (TPSA) is 12.5 Å². The highest BCUT2D eigenvalue weighted by atomic mass is 35.5. The summed E-state index contributed by atoms with van der Waals surface area (Å²) in [6, 6.07) is 0. The number of hydrogen-bond donors (Lipinski definition) is 0. The van der Waals surface area contributed by atoms with Gasteiger partial charge in [-0.25, -0.2) is 0 Å². The summed E-state index contributed by atoms with van der Waals surface area (Å²) in [5, 5.41) is 0. The van der Waals surface area contributed by atoms with E-state index in [0.717, 1.165) is 25.9 Å². The van der Waals surface area contributed by atoms with Gasteiger partial charge in [0, 0.05) is 19.0 Å². The second-order valence-corrected chi connectivity index (χ2v) is 4.48. The van der Waals surface area contributed by atoms with Gasteiger partial charge in [0.1, 0.15) is 6.61 Å². The molecule has 0 aromatic heterocycles. The van der Waals surface area contributed by atoms with Crippen molar-refractivity contribution in [2.75, 3.05) is 38.7 Å². The first kappa shape index (κ1) is 14.1. The first-order chi connectivity index (χ1) is 7.51. The van der Waals surface area contributed by atoms with Crippen LogP contribution in [0.5, 0.6) is 0 Å². The zero-order chi connectivity index (χ0) is 12.0. The molecule has 6 heteroatoms. The van der Waals surface area contributed by atoms with E-state index in [0.29, 0.717) is 18.3 Å². The Kier molecular flexibility index (Phi) is 5.86. The maximum Gasteiger partial charge on any atom is 0.411 e. The lowest BCUT2D eigenvalue weighted by molar-refractivity contribution is -0.174. The Labute approximate surface area is 98.7 Å². The standard InChI is InChI=1S/C10H17ClF3NO/c11-3-1-9-2-4-15(7-9)5-6-16-8-10(12,13)14/h9H,1-8H2. The van der Waals surface area contributed by atoms with Crippen molar-refractivity contribution in [2.24, 2.45) is 5.92 Å². The minimum absolute atomic E-state index is 0.146. The summed E-state index contributed by atoms with van der Waals surface area (Å²) in [4.78, 5) is 2.13. The molecule has 0 aromatic carbocycles. The van der Waals surface area contributed by atoms with Gasteiger partial charge < -0.3 is 9.64 Å². The van der Waals surface area contributed by atoms with Crippen molar-refractivity contribution in [2.45, 2.75) is 19.0 Å². The third-order valence-electron chi connectivity index (χ3n) is 2.70. The molecule has 0 saturated carbocycles. The van der Waals surface area contributed by atoms with Crippen LogP contribution in [-0.4, -0.2) is 49.8 Å². The van der Waals surface area contributed by atoms with Gasteiger partial charge >= 0.3 is 6.18 Å². The van der Waals surface area contributed by atoms with Crippen LogP contribution < -0.4 is 0 Å². The molecule has 0 aliphatic carbocycles. The second kappa shape index (κ2) is 6.67. The highest BCUT2D eigenvalue weighted by molar-refractivity contribution is 6.17. The Hall–Kier alpha value is 0. The van der Waals surface area contributed by atoms with E-state index in [-0.39, 0.29) is 6.61 Å². The van der Waals surface area contributed by atoms with Crippen molar-refractivity contribution in [3.63, 3.8) is 0 Å². The number of halogens is 4. The average Bonchev–Trinajstić information content (AvgIpc) is 2.60. The van der Waals surface area contributed by atoms with E-state index in [9.17, 15) is 13.2 Å². The number of ether oxygens (including phenoxy) is 1. The fourth-order valence-corrected chi connectivity index (χ4v) is 2.20. The van der Waals surface area contributed by atoms with Crippen LogP contribution in [0.1, 0.15) is 12.8 Å². The van der Waals surface area contributed by atoms with Gasteiger partial charge in [0.2, 0.25) is 0 Å². The molecule has 0 amide bonds. The summed E-state index contributed by atoms with van der Waals surface area (Å²) in [7, 11) is 0. The minimum atomic E-state index is -4.22. The largest absolute Gasteiger partial charge is 0.411 e. The van der Waals surface area contributed by atoms with Crippen LogP contribution in [0.2, 0.25) is 0 Å². The van der Waals surface area contributed by atoms with Crippen molar-refractivity contribution in [3.8, 4) is 0 Å². The van der Waals surface area contributed by atoms with Crippen LogP contribution in [0.3, 0.4) is 0 Å². The molecule has 2 nitrogen and oxygen atoms in total. The van der Waals surface area contributed by atoms with Crippen LogP contribution in [0.15, 0.2) is 0 Å². The zero-order valence-corrected chi connectivity index (χ0v) is 9.86. The smallest absolute Gasteiger partial charge is 0.371 e. The molecule has 1 rings (SSSR count). The van der Waals surface area contributed by atoms with Crippen molar-refractivity contribution in [1.82, 2.24) is 4.90 Å². The SMILES string of the molecule is FC(F)(F)COCCN1CCC(CCCl)C1. The molecule has 1 heterocycles. The van der Waals surface area contributed by atoms with Crippen LogP contribution in [0.25, 0.3) is 0 Å². The monoisotopic (exact) mass is 259 g/mol. The lowest BCUT2D eigenvalue weighted by Gasteiger charge is -2.16. The normalized spacial score (nSPS) is 22.9. The van der Waals surface area contributed by atoms with Crippen molar-refractivity contribution in [3.05, 3.63) is 0 Å². The molecule has 0 aromatic rings. The summed E-state index contributed by atoms with van der Waals surface area (Å²) in [6.45, 7) is 1.45. The van der Waals surface area contributed by atoms with Gasteiger partial charge in [-0.1, -0.05) is 0 Å². The molecule has 1 fully saturated rings. The fourth-order valence-electron chi connectivity index (χ4n) is 1.89. The van der Waals surface area contributed by atoms with Gasteiger partial charge in [-0.05, 0) is 25.3 Å². The lowest BCUT2D eigenvalue weighted by atomic mass is 10.1. The van der Waals surface area contributed by atoms with E-state index in [2.05, 4.69) is 9.64 Å². The molecule has 16 heavy (non-hydrogen) atoms. The number of nitrogens with zero attached hydrogens (tertiary/aromatic N) is 1. The maximum atomic E-state index is 11.8. The van der Waals surface area contributed by atoms with E-state index in [4.69, 9.17) is 11.6 Å². The van der Waals surface area contributed by atoms with E-state index in [1.165, 1.54) is 0 Å². The summed E-state index contributed by atoms with van der Waals surface area (Å²) in [5.74, 6) is 1.25. The molecule has 96 valence electrons. The number of hydrogen-bond acceptors (Lipinski definition) is 2. The zero-order valence-electron chi connectivity index (χ0n) is 9.10. The van der Waals surface area contributed by atoms with Gasteiger partial charge in [-0.3, -0.25) is 0 Å². The Morgan fingerprint density at radius 1 is 1.38 bits per heavy atom. The van der Waals surface area contributed by atoms with E-state index < -0.39 is 12.8 Å². The molecule has 0 spiro atoms. The molecule has 0 N–H and O–H groups in total. The highest BCUT2D eigenvalue weighted by Crippen LogP contribution is 2.19. The van der Waals surface area contributed by atoms with Gasteiger partial charge in [0.15, 0.2) is 0 Å². The van der Waals surface area contributed by atoms with Crippen molar-refractivity contribution >= 4 is 11.6 Å². The van der Waals surface area contributed by atoms with Crippen LogP contribution in [0.4, 0.5) is 13.2 Å². The summed E-state index contributed by atoms with van der Waals surface area (Å²) in [5.41, 5.74) is 0. The molecule has 1 aliphatic heterocycles. The van der Waals surface area contributed by atoms with E-state index in [1.807, 2.05) is 0 Å². The highest BCUT2D eigenvalue weighted by Gasteiger charge is 2.27. The average molecular weight is 260 g/mol. The molecule has 0 radical (unpaired) electrons. The number of rotatable bonds is 6. The number of likely N-dealkylation sites (tertiary alicyclic amines) is 1. The van der Waals surface area contributed by atoms with Crippen molar-refractivity contribution in [1.29, 1.82) is 0 Å². The summed E-state index contributed by atoms with van der Waals surface area (Å²) < 4.78 is 39.9. The molecule has 0 bridgehead atoms. The van der Waals surface area contributed by atoms with Crippen molar-refractivity contribution < 1.29 is 17.9 Å². The van der Waals surface area contributed by atoms with Crippen LogP contribution in [0, 0.1) is 5.92 Å². The lowest BCUT2D eigenvalue weighted by Crippen LogP contribution is -2.27. The molecule has 1 aliphatic rings. The number of alkyl halides is 4. The first-order valence-corrected chi connectivity index (χ1v) is 5.97. The molecule has 1 unspecified atom stereocenters. The Balaban J connectivity index is 2.02. The quantitative estimate of drug-likeness (QED) is 0.537. The first-order valence-electron chi connectivity index (χ1n) is 5.44. The fraction of sp³-hybridized carbons (Fsp3) is 1.00. The predicted octanol–water partition coefficient (Wildman–Crippen LogP) is 2.52. The van der Waals surface area contributed by atoms with Crippen LogP contribution in [-0.2, 0) is 4.74 Å². The Bertz CT molecular complexity index is 201. The van der Waals surface area contributed by atoms with Gasteiger partial charge in [0.05, 0.1) is 6.61 Å². The Morgan fingerprint density at radius 2 is 2.12 bits per heavy atom. The molecular weight excluding hydrogens is 243 g/mol. The van der Waals surface area contributed by atoms with Crippen LogP contribution >= 0.6 is 11.6 Å². The predicted molar refractivity (Wildman–Crippen MR) is 56.8 cm³/mol. The third-order valence-corrected chi connectivity index (χ3v) is 2.92. The van der Waals surface area contributed by atoms with Gasteiger partial charge in [-0.15, -0.1) is 11.6 Å². The maximum absolute atomic E-state index is 11.8. The van der Waals surface area contributed by atoms with E-state index in [1.54, 1.807) is 0 Å². The second-order valence-electron chi connectivity index (χ2n) is 4.10. The summed E-state index contributed by atoms with van der Waals surface area (Å²) in [6.07, 6.45) is -2.14. The Morgan fingerprint density at radius 3 is 2.75 bits per heavy atom. The van der Waals surface area contributed by atoms with Gasteiger partial charge in [-0.2, -0.15) is 13.2 Å². The summed E-state index contributed by atoms with van der Waals surface area (Å²) >= 11 is 5.64. The van der Waals surface area contributed by atoms with Gasteiger partial charge in [0.25, 0.3) is 0 Å². The van der Waals surface area contributed by atoms with E-state index >= 15 is 0 Å². The third kappa shape index (κ3) is 5.92. The molecular formula is C10H17ClF3NO. The molecule has 1 saturated heterocycles. The molecule has 1 atom stereocenters. The minimum Gasteiger partial charge on any atom is -0.371 e.